The highest BCUT2D eigenvalue weighted by atomic mass is 79.9. The molecule has 0 saturated carbocycles. The lowest BCUT2D eigenvalue weighted by Crippen LogP contribution is -1.86. The molecule has 0 atom stereocenters. The van der Waals surface area contributed by atoms with Gasteiger partial charge in [0.2, 0.25) is 0 Å². The molecule has 11 heavy (non-hydrogen) atoms. The van der Waals surface area contributed by atoms with E-state index in [0.29, 0.717) is 0 Å². The predicted octanol–water partition coefficient (Wildman–Crippen LogP) is 3.35. The van der Waals surface area contributed by atoms with Crippen LogP contribution in [0.25, 0.3) is 0 Å². The van der Waals surface area contributed by atoms with E-state index in [-0.39, 0.29) is 5.82 Å². The minimum absolute atomic E-state index is 0.176. The van der Waals surface area contributed by atoms with Crippen LogP contribution in [0.5, 0.6) is 0 Å². The second-order valence-corrected chi connectivity index (χ2v) is 3.20. The molecule has 1 radical (unpaired) electrons. The van der Waals surface area contributed by atoms with Gasteiger partial charge in [-0.25, -0.2) is 4.39 Å². The van der Waals surface area contributed by atoms with Gasteiger partial charge in [-0.2, -0.15) is 0 Å². The van der Waals surface area contributed by atoms with Crippen molar-refractivity contribution in [3.05, 3.63) is 40.5 Å². The van der Waals surface area contributed by atoms with Crippen LogP contribution < -0.4 is 0 Å². The summed E-state index contributed by atoms with van der Waals surface area (Å²) in [6.07, 6.45) is 2.80. The molecule has 0 spiro atoms. The van der Waals surface area contributed by atoms with Crippen molar-refractivity contribution in [2.75, 3.05) is 0 Å². The first-order valence-corrected chi connectivity index (χ1v) is 4.25. The summed E-state index contributed by atoms with van der Waals surface area (Å²) in [5.74, 6) is -0.176. The van der Waals surface area contributed by atoms with Gasteiger partial charge in [0.05, 0.1) is 0 Å². The predicted molar refractivity (Wildman–Crippen MR) is 47.8 cm³/mol. The fourth-order valence-corrected chi connectivity index (χ4v) is 1.33. The summed E-state index contributed by atoms with van der Waals surface area (Å²) in [7, 11) is 0. The first-order valence-electron chi connectivity index (χ1n) is 3.46. The lowest BCUT2D eigenvalue weighted by Gasteiger charge is -2.00. The standard InChI is InChI=1S/C9H9BrF/c1-2-3-7-6-8(11)4-5-9(7)10/h2,4-6H,3H2,1H3. The molecule has 0 N–H and O–H groups in total. The molecular formula is C9H9BrF. The monoisotopic (exact) mass is 215 g/mol. The van der Waals surface area contributed by atoms with Crippen LogP contribution in [0.2, 0.25) is 0 Å². The van der Waals surface area contributed by atoms with Gasteiger partial charge in [-0.05, 0) is 36.6 Å². The van der Waals surface area contributed by atoms with E-state index in [9.17, 15) is 4.39 Å². The van der Waals surface area contributed by atoms with E-state index in [4.69, 9.17) is 0 Å². The van der Waals surface area contributed by atoms with Crippen molar-refractivity contribution in [1.82, 2.24) is 0 Å². The second kappa shape index (κ2) is 3.86. The van der Waals surface area contributed by atoms with Gasteiger partial charge < -0.3 is 0 Å². The van der Waals surface area contributed by atoms with Gasteiger partial charge in [0, 0.05) is 4.47 Å². The number of halogens is 2. The maximum atomic E-state index is 12.6. The molecule has 0 aliphatic rings. The van der Waals surface area contributed by atoms with Crippen LogP contribution in [0.4, 0.5) is 4.39 Å². The highest BCUT2D eigenvalue weighted by Gasteiger charge is 1.99. The Hall–Kier alpha value is -0.370. The SMILES string of the molecule is C[CH]Cc1cc(F)ccc1Br. The van der Waals surface area contributed by atoms with E-state index in [1.807, 2.05) is 13.3 Å². The molecule has 2 heteroatoms. The largest absolute Gasteiger partial charge is 0.207 e. The van der Waals surface area contributed by atoms with Crippen LogP contribution in [0.1, 0.15) is 12.5 Å². The van der Waals surface area contributed by atoms with Crippen molar-refractivity contribution in [2.24, 2.45) is 0 Å². The smallest absolute Gasteiger partial charge is 0.123 e. The maximum absolute atomic E-state index is 12.6. The topological polar surface area (TPSA) is 0 Å². The van der Waals surface area contributed by atoms with E-state index in [1.165, 1.54) is 6.07 Å². The van der Waals surface area contributed by atoms with Crippen molar-refractivity contribution >= 4 is 15.9 Å². The molecule has 1 aromatic rings. The fourth-order valence-electron chi connectivity index (χ4n) is 0.920. The third kappa shape index (κ3) is 2.29. The average molecular weight is 216 g/mol. The zero-order valence-electron chi connectivity index (χ0n) is 6.27. The molecule has 0 saturated heterocycles. The zero-order chi connectivity index (χ0) is 8.27. The Kier molecular flexibility index (Phi) is 3.06. The molecule has 0 aliphatic carbocycles. The first kappa shape index (κ1) is 8.72. The summed E-state index contributed by atoms with van der Waals surface area (Å²) >= 11 is 3.34. The first-order chi connectivity index (χ1) is 5.24. The summed E-state index contributed by atoms with van der Waals surface area (Å²) in [5.41, 5.74) is 0.993. The van der Waals surface area contributed by atoms with Crippen molar-refractivity contribution < 1.29 is 4.39 Å². The Morgan fingerprint density at radius 1 is 1.55 bits per heavy atom. The normalized spacial score (nSPS) is 10.1. The fraction of sp³-hybridized carbons (Fsp3) is 0.222. The molecule has 0 heterocycles. The third-order valence-corrected chi connectivity index (χ3v) is 2.21. The minimum Gasteiger partial charge on any atom is -0.207 e. The van der Waals surface area contributed by atoms with Gasteiger partial charge in [-0.3, -0.25) is 0 Å². The molecule has 59 valence electrons. The molecule has 1 rings (SSSR count). The summed E-state index contributed by atoms with van der Waals surface area (Å²) in [6, 6.07) is 4.72. The molecule has 0 unspecified atom stereocenters. The lowest BCUT2D eigenvalue weighted by atomic mass is 10.1. The van der Waals surface area contributed by atoms with Gasteiger partial charge in [-0.15, -0.1) is 0 Å². The third-order valence-electron chi connectivity index (χ3n) is 1.43. The molecule has 0 fully saturated rings. The summed E-state index contributed by atoms with van der Waals surface area (Å²) in [4.78, 5) is 0. The van der Waals surface area contributed by atoms with Crippen LogP contribution >= 0.6 is 15.9 Å². The van der Waals surface area contributed by atoms with Crippen LogP contribution in [-0.4, -0.2) is 0 Å². The summed E-state index contributed by atoms with van der Waals surface area (Å²) in [5, 5.41) is 0. The van der Waals surface area contributed by atoms with E-state index < -0.39 is 0 Å². The van der Waals surface area contributed by atoms with Crippen LogP contribution in [0, 0.1) is 12.2 Å². The van der Waals surface area contributed by atoms with E-state index in [1.54, 1.807) is 12.1 Å². The van der Waals surface area contributed by atoms with E-state index in [2.05, 4.69) is 15.9 Å². The van der Waals surface area contributed by atoms with Crippen molar-refractivity contribution in [1.29, 1.82) is 0 Å². The molecule has 0 amide bonds. The van der Waals surface area contributed by atoms with Gasteiger partial charge in [0.1, 0.15) is 5.82 Å². The highest BCUT2D eigenvalue weighted by molar-refractivity contribution is 9.10. The Morgan fingerprint density at radius 2 is 2.27 bits per heavy atom. The molecule has 0 aromatic heterocycles. The Balaban J connectivity index is 2.93. The van der Waals surface area contributed by atoms with Crippen LogP contribution in [-0.2, 0) is 6.42 Å². The van der Waals surface area contributed by atoms with E-state index in [0.717, 1.165) is 16.5 Å². The minimum atomic E-state index is -0.176. The Labute approximate surface area is 74.6 Å². The highest BCUT2D eigenvalue weighted by Crippen LogP contribution is 2.18. The van der Waals surface area contributed by atoms with E-state index >= 15 is 0 Å². The van der Waals surface area contributed by atoms with Crippen molar-refractivity contribution in [2.45, 2.75) is 13.3 Å². The van der Waals surface area contributed by atoms with Crippen molar-refractivity contribution in [3.63, 3.8) is 0 Å². The zero-order valence-corrected chi connectivity index (χ0v) is 7.86. The quantitative estimate of drug-likeness (QED) is 0.711. The Bertz CT molecular complexity index is 245. The van der Waals surface area contributed by atoms with Gasteiger partial charge >= 0.3 is 0 Å². The van der Waals surface area contributed by atoms with Gasteiger partial charge in [0.15, 0.2) is 0 Å². The summed E-state index contributed by atoms with van der Waals surface area (Å²) < 4.78 is 13.6. The molecule has 0 nitrogen and oxygen atoms in total. The maximum Gasteiger partial charge on any atom is 0.123 e. The number of hydrogen-bond acceptors (Lipinski definition) is 0. The number of benzene rings is 1. The molecule has 1 aromatic carbocycles. The Morgan fingerprint density at radius 3 is 2.91 bits per heavy atom. The molecule has 0 aliphatic heterocycles. The molecule has 0 bridgehead atoms. The van der Waals surface area contributed by atoms with Crippen LogP contribution in [0.3, 0.4) is 0 Å². The molecular weight excluding hydrogens is 207 g/mol. The number of rotatable bonds is 2. The lowest BCUT2D eigenvalue weighted by molar-refractivity contribution is 0.625. The average Bonchev–Trinajstić information content (AvgIpc) is 1.98. The van der Waals surface area contributed by atoms with Gasteiger partial charge in [0.25, 0.3) is 0 Å². The second-order valence-electron chi connectivity index (χ2n) is 2.35. The van der Waals surface area contributed by atoms with Crippen LogP contribution in [0.15, 0.2) is 22.7 Å². The number of hydrogen-bond donors (Lipinski definition) is 0. The summed E-state index contributed by atoms with van der Waals surface area (Å²) in [6.45, 7) is 1.96. The van der Waals surface area contributed by atoms with Gasteiger partial charge in [-0.1, -0.05) is 22.9 Å². The van der Waals surface area contributed by atoms with Crippen molar-refractivity contribution in [3.8, 4) is 0 Å².